The molecular formula is C20H24ClN3O5S. The predicted octanol–water partition coefficient (Wildman–Crippen LogP) is 3.87. The summed E-state index contributed by atoms with van der Waals surface area (Å²) in [5, 5.41) is 0.0254. The van der Waals surface area contributed by atoms with Crippen molar-refractivity contribution in [3.05, 3.63) is 58.6 Å². The molecule has 2 aromatic rings. The molecule has 0 aliphatic heterocycles. The van der Waals surface area contributed by atoms with Gasteiger partial charge in [-0.2, -0.15) is 0 Å². The number of ether oxygens (including phenoxy) is 1. The maximum Gasteiger partial charge on any atom is 0.426 e. The van der Waals surface area contributed by atoms with Crippen molar-refractivity contribution in [2.24, 2.45) is 0 Å². The lowest BCUT2D eigenvalue weighted by molar-refractivity contribution is 0.0912. The number of nitrogens with one attached hydrogen (secondary N) is 3. The van der Waals surface area contributed by atoms with Crippen molar-refractivity contribution in [3.63, 3.8) is 0 Å². The third-order valence-corrected chi connectivity index (χ3v) is 5.78. The van der Waals surface area contributed by atoms with Gasteiger partial charge in [-0.3, -0.25) is 14.9 Å². The van der Waals surface area contributed by atoms with Crippen molar-refractivity contribution >= 4 is 39.3 Å². The molecule has 0 spiro atoms. The molecule has 8 nitrogen and oxygen atoms in total. The van der Waals surface area contributed by atoms with Gasteiger partial charge < -0.3 is 4.74 Å². The fourth-order valence-electron chi connectivity index (χ4n) is 2.52. The maximum absolute atomic E-state index is 12.7. The first-order valence-electron chi connectivity index (χ1n) is 9.41. The van der Waals surface area contributed by atoms with Crippen molar-refractivity contribution in [1.82, 2.24) is 10.9 Å². The molecule has 2 rings (SSSR count). The van der Waals surface area contributed by atoms with Gasteiger partial charge in [0.15, 0.2) is 0 Å². The van der Waals surface area contributed by atoms with Gasteiger partial charge in [0.05, 0.1) is 22.1 Å². The Morgan fingerprint density at radius 3 is 2.37 bits per heavy atom. The Kier molecular flexibility index (Phi) is 8.49. The molecule has 30 heavy (non-hydrogen) atoms. The minimum atomic E-state index is -3.96. The molecule has 0 bridgehead atoms. The molecule has 0 aliphatic rings. The summed E-state index contributed by atoms with van der Waals surface area (Å²) in [6.07, 6.45) is 2.22. The Morgan fingerprint density at radius 1 is 1.03 bits per heavy atom. The maximum atomic E-state index is 12.7. The smallest absolute Gasteiger partial charge is 0.426 e. The molecule has 0 heterocycles. The van der Waals surface area contributed by atoms with E-state index < -0.39 is 22.0 Å². The number of benzene rings is 2. The van der Waals surface area contributed by atoms with E-state index in [1.165, 1.54) is 12.1 Å². The summed E-state index contributed by atoms with van der Waals surface area (Å²) in [4.78, 5) is 23.4. The van der Waals surface area contributed by atoms with Gasteiger partial charge in [-0.1, -0.05) is 37.1 Å². The summed E-state index contributed by atoms with van der Waals surface area (Å²) >= 11 is 6.02. The number of halogens is 1. The number of unbranched alkanes of at least 4 members (excludes halogenated alkanes) is 1. The normalized spacial score (nSPS) is 10.9. The minimum Gasteiger partial charge on any atom is -0.449 e. The van der Waals surface area contributed by atoms with Gasteiger partial charge in [0.2, 0.25) is 0 Å². The van der Waals surface area contributed by atoms with Crippen LogP contribution < -0.4 is 15.6 Å². The van der Waals surface area contributed by atoms with Gasteiger partial charge in [0.25, 0.3) is 15.9 Å². The number of anilines is 1. The number of aryl methyl sites for hydroxylation is 1. The quantitative estimate of drug-likeness (QED) is 0.525. The Balaban J connectivity index is 2.14. The zero-order valence-corrected chi connectivity index (χ0v) is 18.3. The third-order valence-electron chi connectivity index (χ3n) is 4.07. The number of amides is 2. The highest BCUT2D eigenvalue weighted by atomic mass is 35.5. The van der Waals surface area contributed by atoms with Crippen LogP contribution in [0.1, 0.15) is 42.6 Å². The van der Waals surface area contributed by atoms with E-state index in [9.17, 15) is 18.0 Å². The monoisotopic (exact) mass is 453 g/mol. The summed E-state index contributed by atoms with van der Waals surface area (Å²) in [6.45, 7) is 3.84. The number of hydrazine groups is 1. The average molecular weight is 454 g/mol. The van der Waals surface area contributed by atoms with Crippen LogP contribution in [0.5, 0.6) is 0 Å². The molecular weight excluding hydrogens is 430 g/mol. The van der Waals surface area contributed by atoms with Crippen molar-refractivity contribution < 1.29 is 22.7 Å². The highest BCUT2D eigenvalue weighted by Gasteiger charge is 2.19. The van der Waals surface area contributed by atoms with Crippen LogP contribution in [0, 0.1) is 0 Å². The molecule has 2 amide bonds. The molecule has 0 aromatic heterocycles. The molecule has 2 aromatic carbocycles. The molecule has 0 fully saturated rings. The lowest BCUT2D eigenvalue weighted by Gasteiger charge is -2.12. The van der Waals surface area contributed by atoms with Gasteiger partial charge in [-0.05, 0) is 55.7 Å². The predicted molar refractivity (Wildman–Crippen MR) is 115 cm³/mol. The summed E-state index contributed by atoms with van der Waals surface area (Å²) in [5.41, 5.74) is 5.56. The van der Waals surface area contributed by atoms with Gasteiger partial charge in [-0.25, -0.2) is 18.6 Å². The fourth-order valence-corrected chi connectivity index (χ4v) is 3.81. The van der Waals surface area contributed by atoms with Crippen LogP contribution in [0.4, 0.5) is 10.5 Å². The average Bonchev–Trinajstić information content (AvgIpc) is 2.71. The van der Waals surface area contributed by atoms with E-state index in [1.807, 2.05) is 17.6 Å². The van der Waals surface area contributed by atoms with E-state index in [0.717, 1.165) is 30.9 Å². The molecule has 3 N–H and O–H groups in total. The summed E-state index contributed by atoms with van der Waals surface area (Å²) in [7, 11) is -3.96. The van der Waals surface area contributed by atoms with Gasteiger partial charge >= 0.3 is 6.09 Å². The van der Waals surface area contributed by atoms with Gasteiger partial charge in [-0.15, -0.1) is 0 Å². The molecule has 162 valence electrons. The molecule has 0 saturated carbocycles. The van der Waals surface area contributed by atoms with Crippen LogP contribution in [-0.4, -0.2) is 27.0 Å². The van der Waals surface area contributed by atoms with Crippen LogP contribution in [0.15, 0.2) is 47.4 Å². The molecule has 10 heteroatoms. The highest BCUT2D eigenvalue weighted by molar-refractivity contribution is 7.92. The summed E-state index contributed by atoms with van der Waals surface area (Å²) in [6, 6.07) is 10.8. The lowest BCUT2D eigenvalue weighted by Crippen LogP contribution is -2.42. The van der Waals surface area contributed by atoms with Crippen LogP contribution in [0.3, 0.4) is 0 Å². The largest absolute Gasteiger partial charge is 0.449 e. The van der Waals surface area contributed by atoms with Crippen LogP contribution in [0.2, 0.25) is 5.02 Å². The first kappa shape index (κ1) is 23.5. The number of rotatable bonds is 8. The van der Waals surface area contributed by atoms with Crippen molar-refractivity contribution in [2.45, 2.75) is 38.0 Å². The van der Waals surface area contributed by atoms with E-state index in [-0.39, 0.29) is 22.1 Å². The standard InChI is InChI=1S/C20H24ClN3O5S/c1-3-5-6-14-7-9-15(10-8-14)24-30(27,28)16-11-12-18(21)17(13-16)19(25)22-23-20(26)29-4-2/h7-13,24H,3-6H2,1-2H3,(H,22,25)(H,23,26). The minimum absolute atomic E-state index is 0.0254. The second-order valence-electron chi connectivity index (χ2n) is 6.35. The zero-order chi connectivity index (χ0) is 22.1. The Labute approximate surface area is 181 Å². The van der Waals surface area contributed by atoms with E-state index in [4.69, 9.17) is 11.6 Å². The molecule has 0 unspecified atom stereocenters. The Morgan fingerprint density at radius 2 is 1.73 bits per heavy atom. The number of hydrogen-bond donors (Lipinski definition) is 3. The SMILES string of the molecule is CCCCc1ccc(NS(=O)(=O)c2ccc(Cl)c(C(=O)NNC(=O)OCC)c2)cc1. The lowest BCUT2D eigenvalue weighted by atomic mass is 10.1. The highest BCUT2D eigenvalue weighted by Crippen LogP contribution is 2.23. The molecule has 0 saturated heterocycles. The van der Waals surface area contributed by atoms with Crippen LogP contribution in [-0.2, 0) is 21.2 Å². The number of carbonyl (C=O) groups is 2. The van der Waals surface area contributed by atoms with E-state index in [2.05, 4.69) is 21.8 Å². The second kappa shape index (κ2) is 10.8. The topological polar surface area (TPSA) is 114 Å². The van der Waals surface area contributed by atoms with Crippen molar-refractivity contribution in [2.75, 3.05) is 11.3 Å². The van der Waals surface area contributed by atoms with Crippen LogP contribution >= 0.6 is 11.6 Å². The second-order valence-corrected chi connectivity index (χ2v) is 8.44. The number of sulfonamides is 1. The van der Waals surface area contributed by atoms with Crippen molar-refractivity contribution in [1.29, 1.82) is 0 Å². The zero-order valence-electron chi connectivity index (χ0n) is 16.7. The number of carbonyl (C=O) groups excluding carboxylic acids is 2. The van der Waals surface area contributed by atoms with E-state index >= 15 is 0 Å². The first-order valence-corrected chi connectivity index (χ1v) is 11.3. The van der Waals surface area contributed by atoms with Crippen LogP contribution in [0.25, 0.3) is 0 Å². The van der Waals surface area contributed by atoms with E-state index in [0.29, 0.717) is 5.69 Å². The third kappa shape index (κ3) is 6.64. The van der Waals surface area contributed by atoms with Gasteiger partial charge in [0.1, 0.15) is 0 Å². The molecule has 0 atom stereocenters. The van der Waals surface area contributed by atoms with Crippen molar-refractivity contribution in [3.8, 4) is 0 Å². The Hall–Kier alpha value is -2.78. The molecule has 0 radical (unpaired) electrons. The fraction of sp³-hybridized carbons (Fsp3) is 0.300. The summed E-state index contributed by atoms with van der Waals surface area (Å²) < 4.78 is 32.5. The molecule has 0 aliphatic carbocycles. The Bertz CT molecular complexity index is 994. The summed E-state index contributed by atoms with van der Waals surface area (Å²) in [5.74, 6) is -0.787. The van der Waals surface area contributed by atoms with Gasteiger partial charge in [0, 0.05) is 5.69 Å². The number of hydrogen-bond acceptors (Lipinski definition) is 5. The van der Waals surface area contributed by atoms with E-state index in [1.54, 1.807) is 19.1 Å². The first-order chi connectivity index (χ1) is 14.3.